The maximum Gasteiger partial charge on any atom is 0.358 e. The van der Waals surface area contributed by atoms with Gasteiger partial charge in [-0.05, 0) is 18.2 Å². The lowest BCUT2D eigenvalue weighted by Crippen LogP contribution is -2.03. The standard InChI is InChI=1S/C11H10N2O3/c1-16-11(15)10-5-6-13(12-10)8-3-2-4-9(14)7-8/h2-7,14H,1H3. The lowest BCUT2D eigenvalue weighted by atomic mass is 10.3. The second kappa shape index (κ2) is 4.06. The zero-order chi connectivity index (χ0) is 11.5. The molecular formula is C11H10N2O3. The summed E-state index contributed by atoms with van der Waals surface area (Å²) in [5, 5.41) is 13.3. The predicted octanol–water partition coefficient (Wildman–Crippen LogP) is 1.36. The molecule has 0 spiro atoms. The lowest BCUT2D eigenvalue weighted by Gasteiger charge is -2.01. The van der Waals surface area contributed by atoms with Crippen LogP contribution in [0.1, 0.15) is 10.5 Å². The van der Waals surface area contributed by atoms with Gasteiger partial charge in [0.25, 0.3) is 0 Å². The first-order valence-electron chi connectivity index (χ1n) is 4.64. The van der Waals surface area contributed by atoms with Gasteiger partial charge >= 0.3 is 5.97 Å². The average Bonchev–Trinajstić information content (AvgIpc) is 2.77. The van der Waals surface area contributed by atoms with Crippen LogP contribution in [0.2, 0.25) is 0 Å². The van der Waals surface area contributed by atoms with Crippen LogP contribution in [0.5, 0.6) is 5.75 Å². The largest absolute Gasteiger partial charge is 0.508 e. The van der Waals surface area contributed by atoms with E-state index >= 15 is 0 Å². The monoisotopic (exact) mass is 218 g/mol. The fraction of sp³-hybridized carbons (Fsp3) is 0.0909. The Labute approximate surface area is 91.9 Å². The molecule has 0 saturated carbocycles. The summed E-state index contributed by atoms with van der Waals surface area (Å²) in [6.07, 6.45) is 1.63. The second-order valence-electron chi connectivity index (χ2n) is 3.16. The minimum atomic E-state index is -0.487. The number of hydrogen-bond donors (Lipinski definition) is 1. The molecule has 1 aromatic carbocycles. The summed E-state index contributed by atoms with van der Waals surface area (Å²) < 4.78 is 6.04. The van der Waals surface area contributed by atoms with Crippen LogP contribution in [0.25, 0.3) is 5.69 Å². The summed E-state index contributed by atoms with van der Waals surface area (Å²) in [6.45, 7) is 0. The van der Waals surface area contributed by atoms with Gasteiger partial charge in [0, 0.05) is 12.3 Å². The molecule has 0 saturated heterocycles. The molecule has 0 amide bonds. The van der Waals surface area contributed by atoms with Gasteiger partial charge in [-0.15, -0.1) is 0 Å². The van der Waals surface area contributed by atoms with Crippen molar-refractivity contribution in [1.29, 1.82) is 0 Å². The van der Waals surface area contributed by atoms with E-state index in [1.54, 1.807) is 36.5 Å². The number of rotatable bonds is 2. The van der Waals surface area contributed by atoms with Crippen molar-refractivity contribution in [3.05, 3.63) is 42.2 Å². The minimum Gasteiger partial charge on any atom is -0.508 e. The van der Waals surface area contributed by atoms with E-state index in [-0.39, 0.29) is 11.4 Å². The van der Waals surface area contributed by atoms with Gasteiger partial charge in [0.15, 0.2) is 5.69 Å². The Morgan fingerprint density at radius 3 is 2.94 bits per heavy atom. The molecule has 82 valence electrons. The predicted molar refractivity (Wildman–Crippen MR) is 56.6 cm³/mol. The summed E-state index contributed by atoms with van der Waals surface area (Å²) in [6, 6.07) is 8.14. The molecule has 0 radical (unpaired) electrons. The normalized spacial score (nSPS) is 10.1. The van der Waals surface area contributed by atoms with Gasteiger partial charge in [-0.3, -0.25) is 0 Å². The van der Waals surface area contributed by atoms with Crippen LogP contribution in [-0.4, -0.2) is 28.0 Å². The molecule has 0 unspecified atom stereocenters. The number of phenols is 1. The van der Waals surface area contributed by atoms with Crippen LogP contribution in [0, 0.1) is 0 Å². The van der Waals surface area contributed by atoms with Crippen molar-refractivity contribution < 1.29 is 14.6 Å². The summed E-state index contributed by atoms with van der Waals surface area (Å²) in [5.41, 5.74) is 0.904. The van der Waals surface area contributed by atoms with Crippen molar-refractivity contribution in [1.82, 2.24) is 9.78 Å². The van der Waals surface area contributed by atoms with Crippen molar-refractivity contribution >= 4 is 5.97 Å². The number of esters is 1. The van der Waals surface area contributed by atoms with Crippen LogP contribution in [0.15, 0.2) is 36.5 Å². The van der Waals surface area contributed by atoms with Gasteiger partial charge in [0.2, 0.25) is 0 Å². The summed E-state index contributed by atoms with van der Waals surface area (Å²) >= 11 is 0. The molecule has 0 atom stereocenters. The lowest BCUT2D eigenvalue weighted by molar-refractivity contribution is 0.0593. The minimum absolute atomic E-state index is 0.146. The van der Waals surface area contributed by atoms with Crippen LogP contribution < -0.4 is 0 Å². The molecule has 0 bridgehead atoms. The van der Waals surface area contributed by atoms with E-state index in [0.717, 1.165) is 0 Å². The summed E-state index contributed by atoms with van der Waals surface area (Å²) in [4.78, 5) is 11.2. The Bertz CT molecular complexity index is 519. The quantitative estimate of drug-likeness (QED) is 0.773. The highest BCUT2D eigenvalue weighted by Gasteiger charge is 2.09. The van der Waals surface area contributed by atoms with Crippen LogP contribution in [0.4, 0.5) is 0 Å². The third kappa shape index (κ3) is 1.88. The molecule has 5 nitrogen and oxygen atoms in total. The van der Waals surface area contributed by atoms with Crippen molar-refractivity contribution in [2.75, 3.05) is 7.11 Å². The molecule has 1 aromatic heterocycles. The maximum absolute atomic E-state index is 11.2. The van der Waals surface area contributed by atoms with Gasteiger partial charge in [0.05, 0.1) is 12.8 Å². The number of methoxy groups -OCH3 is 1. The highest BCUT2D eigenvalue weighted by atomic mass is 16.5. The van der Waals surface area contributed by atoms with Crippen molar-refractivity contribution in [2.45, 2.75) is 0 Å². The van der Waals surface area contributed by atoms with Gasteiger partial charge in [0.1, 0.15) is 5.75 Å². The van der Waals surface area contributed by atoms with Gasteiger partial charge in [-0.25, -0.2) is 9.48 Å². The maximum atomic E-state index is 11.2. The third-order valence-corrected chi connectivity index (χ3v) is 2.08. The molecule has 2 rings (SSSR count). The van der Waals surface area contributed by atoms with E-state index in [1.807, 2.05) is 0 Å². The number of benzene rings is 1. The van der Waals surface area contributed by atoms with Crippen molar-refractivity contribution in [3.8, 4) is 11.4 Å². The van der Waals surface area contributed by atoms with Gasteiger partial charge in [-0.1, -0.05) is 6.07 Å². The molecule has 0 aliphatic rings. The highest BCUT2D eigenvalue weighted by molar-refractivity contribution is 5.86. The Morgan fingerprint density at radius 1 is 1.44 bits per heavy atom. The first kappa shape index (κ1) is 10.2. The molecule has 5 heteroatoms. The number of phenolic OH excluding ortho intramolecular Hbond substituents is 1. The molecule has 0 aliphatic carbocycles. The number of carbonyl (C=O) groups is 1. The summed E-state index contributed by atoms with van der Waals surface area (Å²) in [5.74, 6) is -0.341. The summed E-state index contributed by atoms with van der Waals surface area (Å²) in [7, 11) is 1.30. The first-order valence-corrected chi connectivity index (χ1v) is 4.64. The SMILES string of the molecule is COC(=O)c1ccn(-c2cccc(O)c2)n1. The zero-order valence-electron chi connectivity index (χ0n) is 8.62. The molecule has 0 fully saturated rings. The Morgan fingerprint density at radius 2 is 2.25 bits per heavy atom. The van der Waals surface area contributed by atoms with Crippen LogP contribution >= 0.6 is 0 Å². The Kier molecular flexibility index (Phi) is 2.59. The van der Waals surface area contributed by atoms with Crippen LogP contribution in [-0.2, 0) is 4.74 Å². The average molecular weight is 218 g/mol. The zero-order valence-corrected chi connectivity index (χ0v) is 8.62. The number of aromatic hydroxyl groups is 1. The van der Waals surface area contributed by atoms with Crippen LogP contribution in [0.3, 0.4) is 0 Å². The fourth-order valence-electron chi connectivity index (χ4n) is 1.32. The molecular weight excluding hydrogens is 208 g/mol. The van der Waals surface area contributed by atoms with Crippen molar-refractivity contribution in [3.63, 3.8) is 0 Å². The van der Waals surface area contributed by atoms with Crippen molar-refractivity contribution in [2.24, 2.45) is 0 Å². The first-order chi connectivity index (χ1) is 7.70. The van der Waals surface area contributed by atoms with E-state index in [0.29, 0.717) is 5.69 Å². The number of carbonyl (C=O) groups excluding carboxylic acids is 1. The number of nitrogens with zero attached hydrogens (tertiary/aromatic N) is 2. The molecule has 1 heterocycles. The Balaban J connectivity index is 2.35. The smallest absolute Gasteiger partial charge is 0.358 e. The molecule has 16 heavy (non-hydrogen) atoms. The van der Waals surface area contributed by atoms with E-state index in [4.69, 9.17) is 0 Å². The third-order valence-electron chi connectivity index (χ3n) is 2.08. The van der Waals surface area contributed by atoms with E-state index in [2.05, 4.69) is 9.84 Å². The fourth-order valence-corrected chi connectivity index (χ4v) is 1.32. The number of aromatic nitrogens is 2. The number of hydrogen-bond acceptors (Lipinski definition) is 4. The molecule has 2 aromatic rings. The second-order valence-corrected chi connectivity index (χ2v) is 3.16. The molecule has 0 aliphatic heterocycles. The molecule has 1 N–H and O–H groups in total. The number of ether oxygens (including phenoxy) is 1. The highest BCUT2D eigenvalue weighted by Crippen LogP contribution is 2.14. The Hall–Kier alpha value is -2.30. The van der Waals surface area contributed by atoms with Gasteiger partial charge < -0.3 is 9.84 Å². The van der Waals surface area contributed by atoms with E-state index < -0.39 is 5.97 Å². The van der Waals surface area contributed by atoms with E-state index in [1.165, 1.54) is 11.8 Å². The van der Waals surface area contributed by atoms with Gasteiger partial charge in [-0.2, -0.15) is 5.10 Å². The van der Waals surface area contributed by atoms with E-state index in [9.17, 15) is 9.90 Å². The topological polar surface area (TPSA) is 64.3 Å².